The van der Waals surface area contributed by atoms with Crippen molar-refractivity contribution < 1.29 is 9.21 Å². The van der Waals surface area contributed by atoms with Crippen LogP contribution in [0.2, 0.25) is 10.0 Å². The van der Waals surface area contributed by atoms with Gasteiger partial charge in [-0.25, -0.2) is 0 Å². The number of rotatable bonds is 8. The molecule has 1 aliphatic rings. The lowest BCUT2D eigenvalue weighted by Crippen LogP contribution is -2.47. The zero-order valence-corrected chi connectivity index (χ0v) is 20.1. The Kier molecular flexibility index (Phi) is 7.51. The van der Waals surface area contributed by atoms with Gasteiger partial charge in [-0.3, -0.25) is 4.79 Å². The topological polar surface area (TPSA) is 59.2 Å². The highest BCUT2D eigenvalue weighted by Crippen LogP contribution is 2.46. The van der Waals surface area contributed by atoms with E-state index >= 15 is 0 Å². The Hall–Kier alpha value is -2.63. The lowest BCUT2D eigenvalue weighted by Gasteiger charge is -2.45. The molecule has 0 unspecified atom stereocenters. The maximum absolute atomic E-state index is 13.6. The molecule has 0 saturated carbocycles. The summed E-state index contributed by atoms with van der Waals surface area (Å²) in [5.74, 6) is 1.26. The molecule has 1 aliphatic heterocycles. The summed E-state index contributed by atoms with van der Waals surface area (Å²) in [5.41, 5.74) is 2.19. The first-order valence-corrected chi connectivity index (χ1v) is 11.9. The number of aromatic nitrogens is 2. The van der Waals surface area contributed by atoms with Crippen molar-refractivity contribution in [2.24, 2.45) is 5.92 Å². The minimum atomic E-state index is -0.126. The Bertz CT molecular complexity index is 1110. The lowest BCUT2D eigenvalue weighted by atomic mass is 9.75. The molecule has 1 fully saturated rings. The van der Waals surface area contributed by atoms with E-state index in [-0.39, 0.29) is 23.8 Å². The van der Waals surface area contributed by atoms with Crippen molar-refractivity contribution in [1.29, 1.82) is 0 Å². The van der Waals surface area contributed by atoms with E-state index in [4.69, 9.17) is 27.6 Å². The highest BCUT2D eigenvalue weighted by atomic mass is 35.5. The van der Waals surface area contributed by atoms with Gasteiger partial charge >= 0.3 is 0 Å². The van der Waals surface area contributed by atoms with Gasteiger partial charge in [-0.2, -0.15) is 0 Å². The number of allylic oxidation sites excluding steroid dienone is 1. The molecule has 0 spiro atoms. The fourth-order valence-corrected chi connectivity index (χ4v) is 5.06. The molecule has 1 aromatic heterocycles. The summed E-state index contributed by atoms with van der Waals surface area (Å²) < 4.78 is 5.52. The number of piperidine rings is 1. The maximum atomic E-state index is 13.6. The molecular formula is C26H27Cl2N3O2. The zero-order valence-electron chi connectivity index (χ0n) is 18.6. The van der Waals surface area contributed by atoms with Gasteiger partial charge in [-0.15, -0.1) is 16.8 Å². The highest BCUT2D eigenvalue weighted by molar-refractivity contribution is 6.30. The fraction of sp³-hybridized carbons (Fsp3) is 0.346. The van der Waals surface area contributed by atoms with Crippen molar-refractivity contribution in [2.45, 2.75) is 44.6 Å². The molecule has 4 rings (SSSR count). The van der Waals surface area contributed by atoms with E-state index in [1.54, 1.807) is 6.92 Å². The van der Waals surface area contributed by atoms with Crippen LogP contribution < -0.4 is 0 Å². The third-order valence-electron chi connectivity index (χ3n) is 6.18. The summed E-state index contributed by atoms with van der Waals surface area (Å²) in [6.07, 6.45) is 4.55. The van der Waals surface area contributed by atoms with Gasteiger partial charge < -0.3 is 9.32 Å². The van der Waals surface area contributed by atoms with Crippen molar-refractivity contribution in [3.05, 3.63) is 94.1 Å². The van der Waals surface area contributed by atoms with Crippen LogP contribution >= 0.6 is 23.2 Å². The average molecular weight is 484 g/mol. The van der Waals surface area contributed by atoms with Crippen LogP contribution in [0.5, 0.6) is 0 Å². The van der Waals surface area contributed by atoms with Gasteiger partial charge in [0.05, 0.1) is 6.04 Å². The normalized spacial score (nSPS) is 20.8. The molecule has 0 aliphatic carbocycles. The van der Waals surface area contributed by atoms with E-state index in [2.05, 4.69) is 22.8 Å². The predicted molar refractivity (Wildman–Crippen MR) is 130 cm³/mol. The number of likely N-dealkylation sites (tertiary alicyclic amines) is 1. The fourth-order valence-electron chi connectivity index (χ4n) is 4.74. The summed E-state index contributed by atoms with van der Waals surface area (Å²) in [6.45, 7) is 6.24. The molecule has 3 aromatic rings. The van der Waals surface area contributed by atoms with E-state index in [0.717, 1.165) is 24.0 Å². The second-order valence-electron chi connectivity index (χ2n) is 8.46. The van der Waals surface area contributed by atoms with Crippen LogP contribution in [0.25, 0.3) is 0 Å². The summed E-state index contributed by atoms with van der Waals surface area (Å²) in [5, 5.41) is 9.35. The van der Waals surface area contributed by atoms with Crippen LogP contribution in [-0.2, 0) is 11.2 Å². The molecule has 0 bridgehead atoms. The van der Waals surface area contributed by atoms with E-state index in [0.29, 0.717) is 41.2 Å². The van der Waals surface area contributed by atoms with Crippen LogP contribution in [-0.4, -0.2) is 27.5 Å². The third-order valence-corrected chi connectivity index (χ3v) is 6.67. The zero-order chi connectivity index (χ0) is 23.4. The molecule has 0 N–H and O–H groups in total. The van der Waals surface area contributed by atoms with E-state index in [9.17, 15) is 4.79 Å². The van der Waals surface area contributed by atoms with Gasteiger partial charge in [-0.05, 0) is 54.7 Å². The van der Waals surface area contributed by atoms with Gasteiger partial charge in [0.2, 0.25) is 17.7 Å². The molecule has 2 aromatic carbocycles. The number of nitrogens with zero attached hydrogens (tertiary/aromatic N) is 3. The van der Waals surface area contributed by atoms with Crippen LogP contribution in [0.15, 0.2) is 65.6 Å². The van der Waals surface area contributed by atoms with Crippen molar-refractivity contribution in [1.82, 2.24) is 15.1 Å². The third kappa shape index (κ3) is 5.48. The molecular weight excluding hydrogens is 457 g/mol. The summed E-state index contributed by atoms with van der Waals surface area (Å²) in [6, 6.07) is 15.6. The second kappa shape index (κ2) is 10.5. The number of benzene rings is 2. The SMILES string of the molecule is C=CC[C@H]1C[C@H](c2cccc(Cl)c2)[C@@H](c2ccc(Cl)cc2)N(CCCc2nnc(C)o2)C1=O. The highest BCUT2D eigenvalue weighted by Gasteiger charge is 2.42. The van der Waals surface area contributed by atoms with Crippen LogP contribution in [0, 0.1) is 12.8 Å². The Morgan fingerprint density at radius 2 is 1.91 bits per heavy atom. The molecule has 3 atom stereocenters. The van der Waals surface area contributed by atoms with Gasteiger partial charge in [0.1, 0.15) is 0 Å². The maximum Gasteiger partial charge on any atom is 0.226 e. The van der Waals surface area contributed by atoms with Gasteiger partial charge in [0.15, 0.2) is 0 Å². The van der Waals surface area contributed by atoms with Crippen LogP contribution in [0.4, 0.5) is 0 Å². The Morgan fingerprint density at radius 3 is 2.58 bits per heavy atom. The monoisotopic (exact) mass is 483 g/mol. The number of hydrogen-bond donors (Lipinski definition) is 0. The molecule has 1 amide bonds. The van der Waals surface area contributed by atoms with Crippen molar-refractivity contribution >= 4 is 29.1 Å². The van der Waals surface area contributed by atoms with E-state index in [1.807, 2.05) is 53.4 Å². The molecule has 2 heterocycles. The first-order valence-electron chi connectivity index (χ1n) is 11.2. The van der Waals surface area contributed by atoms with Crippen molar-refractivity contribution in [3.63, 3.8) is 0 Å². The number of carbonyl (C=O) groups excluding carboxylic acids is 1. The van der Waals surface area contributed by atoms with E-state index < -0.39 is 0 Å². The molecule has 5 nitrogen and oxygen atoms in total. The Morgan fingerprint density at radius 1 is 1.12 bits per heavy atom. The first-order chi connectivity index (χ1) is 16.0. The van der Waals surface area contributed by atoms with Crippen molar-refractivity contribution in [2.75, 3.05) is 6.54 Å². The second-order valence-corrected chi connectivity index (χ2v) is 9.34. The number of hydrogen-bond acceptors (Lipinski definition) is 4. The minimum absolute atomic E-state index is 0.0955. The average Bonchev–Trinajstić information content (AvgIpc) is 3.22. The number of aryl methyl sites for hydroxylation is 2. The molecule has 172 valence electrons. The Balaban J connectivity index is 1.69. The largest absolute Gasteiger partial charge is 0.426 e. The smallest absolute Gasteiger partial charge is 0.226 e. The molecule has 1 saturated heterocycles. The lowest BCUT2D eigenvalue weighted by molar-refractivity contribution is -0.143. The van der Waals surface area contributed by atoms with Gasteiger partial charge in [0, 0.05) is 41.8 Å². The Labute approximate surface area is 204 Å². The van der Waals surface area contributed by atoms with E-state index in [1.165, 1.54) is 0 Å². The summed E-state index contributed by atoms with van der Waals surface area (Å²) in [7, 11) is 0. The summed E-state index contributed by atoms with van der Waals surface area (Å²) in [4.78, 5) is 15.6. The molecule has 0 radical (unpaired) electrons. The number of carbonyl (C=O) groups is 1. The van der Waals surface area contributed by atoms with Crippen molar-refractivity contribution in [3.8, 4) is 0 Å². The predicted octanol–water partition coefficient (Wildman–Crippen LogP) is 6.57. The minimum Gasteiger partial charge on any atom is -0.426 e. The standard InChI is InChI=1S/C26H27Cl2N3O2/c1-3-6-20-16-23(19-7-4-8-22(28)15-19)25(18-10-12-21(27)13-11-18)31(26(20)32)14-5-9-24-30-29-17(2)33-24/h3-4,7-8,10-13,15,20,23,25H,1,5-6,9,14,16H2,2H3/t20-,23+,25+/m0/s1. The molecule has 33 heavy (non-hydrogen) atoms. The van der Waals surface area contributed by atoms with Crippen LogP contribution in [0.3, 0.4) is 0 Å². The quantitative estimate of drug-likeness (QED) is 0.340. The number of halogens is 2. The van der Waals surface area contributed by atoms with Gasteiger partial charge in [-0.1, -0.05) is 53.5 Å². The van der Waals surface area contributed by atoms with Crippen LogP contribution in [0.1, 0.15) is 54.1 Å². The summed E-state index contributed by atoms with van der Waals surface area (Å²) >= 11 is 12.5. The number of amides is 1. The first kappa shape index (κ1) is 23.5. The van der Waals surface area contributed by atoms with Gasteiger partial charge in [0.25, 0.3) is 0 Å². The molecule has 7 heteroatoms.